The van der Waals surface area contributed by atoms with Crippen molar-refractivity contribution >= 4 is 28.6 Å². The van der Waals surface area contributed by atoms with Crippen LogP contribution < -0.4 is 0 Å². The van der Waals surface area contributed by atoms with Crippen molar-refractivity contribution in [1.29, 1.82) is 0 Å². The van der Waals surface area contributed by atoms with Crippen LogP contribution in [-0.2, 0) is 6.54 Å². The van der Waals surface area contributed by atoms with E-state index in [2.05, 4.69) is 27.1 Å². The highest BCUT2D eigenvalue weighted by Gasteiger charge is 2.15. The van der Waals surface area contributed by atoms with Crippen LogP contribution in [0.2, 0.25) is 5.02 Å². The van der Waals surface area contributed by atoms with Gasteiger partial charge in [-0.05, 0) is 34.5 Å². The Bertz CT molecular complexity index is 947. The molecule has 4 nitrogen and oxygen atoms in total. The van der Waals surface area contributed by atoms with Crippen molar-refractivity contribution in [3.05, 3.63) is 76.8 Å². The fraction of sp³-hybridized carbons (Fsp3) is 0.227. The molecule has 0 amide bonds. The van der Waals surface area contributed by atoms with Crippen LogP contribution in [0.5, 0.6) is 5.75 Å². The van der Waals surface area contributed by atoms with Crippen molar-refractivity contribution in [3.63, 3.8) is 0 Å². The summed E-state index contributed by atoms with van der Waals surface area (Å²) in [5.41, 5.74) is 2.05. The third-order valence-corrected chi connectivity index (χ3v) is 5.22. The molecule has 0 atom stereocenters. The Hall–Kier alpha value is -2.56. The van der Waals surface area contributed by atoms with Gasteiger partial charge in [0.25, 0.3) is 0 Å². The molecule has 0 unspecified atom stereocenters. The zero-order chi connectivity index (χ0) is 18.6. The second kappa shape index (κ2) is 7.99. The fourth-order valence-electron chi connectivity index (χ4n) is 3.42. The lowest BCUT2D eigenvalue weighted by molar-refractivity contribution is 0.131. The maximum Gasteiger partial charge on any atom is 0.125 e. The third-order valence-electron chi connectivity index (χ3n) is 4.97. The molecule has 27 heavy (non-hydrogen) atoms. The minimum absolute atomic E-state index is 0.263. The summed E-state index contributed by atoms with van der Waals surface area (Å²) in [6.45, 7) is 4.59. The molecule has 0 saturated carbocycles. The summed E-state index contributed by atoms with van der Waals surface area (Å²) in [6, 6.07) is 19.7. The lowest BCUT2D eigenvalue weighted by Crippen LogP contribution is -2.43. The predicted octanol–water partition coefficient (Wildman–Crippen LogP) is 4.35. The Morgan fingerprint density at radius 2 is 1.67 bits per heavy atom. The average Bonchev–Trinajstić information content (AvgIpc) is 2.70. The van der Waals surface area contributed by atoms with E-state index in [0.29, 0.717) is 0 Å². The lowest BCUT2D eigenvalue weighted by atomic mass is 10.0. The number of rotatable bonds is 4. The van der Waals surface area contributed by atoms with Crippen LogP contribution in [0.25, 0.3) is 10.8 Å². The Kier molecular flexibility index (Phi) is 5.28. The van der Waals surface area contributed by atoms with Crippen LogP contribution in [0.1, 0.15) is 11.1 Å². The molecule has 0 aromatic heterocycles. The molecule has 5 heteroatoms. The van der Waals surface area contributed by atoms with Crippen LogP contribution in [0.15, 0.2) is 65.8 Å². The number of nitrogens with zero attached hydrogens (tertiary/aromatic N) is 3. The molecule has 3 aromatic rings. The summed E-state index contributed by atoms with van der Waals surface area (Å²) >= 11 is 5.95. The van der Waals surface area contributed by atoms with Gasteiger partial charge in [-0.2, -0.15) is 5.10 Å². The van der Waals surface area contributed by atoms with E-state index in [-0.39, 0.29) is 5.75 Å². The number of phenolic OH excluding ortho intramolecular Hbond substituents is 1. The van der Waals surface area contributed by atoms with Crippen LogP contribution in [0, 0.1) is 0 Å². The van der Waals surface area contributed by atoms with Crippen LogP contribution >= 0.6 is 11.6 Å². The van der Waals surface area contributed by atoms with Crippen molar-refractivity contribution in [2.45, 2.75) is 6.54 Å². The Morgan fingerprint density at radius 3 is 2.44 bits per heavy atom. The van der Waals surface area contributed by atoms with Gasteiger partial charge < -0.3 is 5.11 Å². The first-order valence-electron chi connectivity index (χ1n) is 9.15. The molecule has 138 valence electrons. The minimum Gasteiger partial charge on any atom is -0.507 e. The molecule has 0 spiro atoms. The molecule has 1 fully saturated rings. The van der Waals surface area contributed by atoms with Gasteiger partial charge in [0.05, 0.1) is 6.21 Å². The van der Waals surface area contributed by atoms with Gasteiger partial charge in [-0.3, -0.25) is 9.91 Å². The molecular formula is C22H22ClN3O. The number of hydrogen-bond donors (Lipinski definition) is 1. The third kappa shape index (κ3) is 4.24. The molecule has 0 radical (unpaired) electrons. The largest absolute Gasteiger partial charge is 0.507 e. The SMILES string of the molecule is Oc1ccc2ccccc2c1/C=N/N1CCN(Cc2ccc(Cl)cc2)CC1. The Balaban J connectivity index is 1.39. The van der Waals surface area contributed by atoms with Crippen molar-refractivity contribution in [1.82, 2.24) is 9.91 Å². The molecule has 1 aliphatic rings. The van der Waals surface area contributed by atoms with Crippen molar-refractivity contribution in [2.75, 3.05) is 26.2 Å². The standard InChI is InChI=1S/C22H22ClN3O/c23-19-8-5-17(6-9-19)16-25-11-13-26(14-12-25)24-15-21-20-4-2-1-3-18(20)7-10-22(21)27/h1-10,15,27H,11-14,16H2/b24-15+. The zero-order valence-corrected chi connectivity index (χ0v) is 15.8. The molecule has 1 heterocycles. The zero-order valence-electron chi connectivity index (χ0n) is 15.1. The number of hydrazone groups is 1. The molecule has 1 saturated heterocycles. The molecule has 4 rings (SSSR count). The summed E-state index contributed by atoms with van der Waals surface area (Å²) in [6.07, 6.45) is 1.78. The first-order valence-corrected chi connectivity index (χ1v) is 9.53. The van der Waals surface area contributed by atoms with E-state index in [1.807, 2.05) is 42.5 Å². The fourth-order valence-corrected chi connectivity index (χ4v) is 3.54. The maximum atomic E-state index is 10.2. The first-order chi connectivity index (χ1) is 13.2. The van der Waals surface area contributed by atoms with E-state index < -0.39 is 0 Å². The van der Waals surface area contributed by atoms with Gasteiger partial charge >= 0.3 is 0 Å². The normalized spacial score (nSPS) is 15.7. The van der Waals surface area contributed by atoms with Crippen LogP contribution in [0.3, 0.4) is 0 Å². The number of hydrogen-bond acceptors (Lipinski definition) is 4. The monoisotopic (exact) mass is 379 g/mol. The molecule has 0 bridgehead atoms. The van der Waals surface area contributed by atoms with E-state index in [4.69, 9.17) is 11.6 Å². The predicted molar refractivity (Wildman–Crippen MR) is 112 cm³/mol. The summed E-state index contributed by atoms with van der Waals surface area (Å²) in [5.74, 6) is 0.263. The van der Waals surface area contributed by atoms with E-state index in [0.717, 1.165) is 54.1 Å². The maximum absolute atomic E-state index is 10.2. The summed E-state index contributed by atoms with van der Waals surface area (Å²) in [7, 11) is 0. The molecule has 0 aliphatic carbocycles. The molecule has 1 N–H and O–H groups in total. The topological polar surface area (TPSA) is 39.1 Å². The smallest absolute Gasteiger partial charge is 0.125 e. The van der Waals surface area contributed by atoms with Gasteiger partial charge in [0, 0.05) is 43.3 Å². The van der Waals surface area contributed by atoms with Crippen molar-refractivity contribution in [2.24, 2.45) is 5.10 Å². The molecule has 3 aromatic carbocycles. The highest BCUT2D eigenvalue weighted by Crippen LogP contribution is 2.25. The van der Waals surface area contributed by atoms with Gasteiger partial charge in [-0.15, -0.1) is 0 Å². The summed E-state index contributed by atoms with van der Waals surface area (Å²) in [5, 5.41) is 19.8. The first kappa shape index (κ1) is 17.8. The number of fused-ring (bicyclic) bond motifs is 1. The van der Waals surface area contributed by atoms with Crippen LogP contribution in [-0.4, -0.2) is 47.4 Å². The second-order valence-corrected chi connectivity index (χ2v) is 7.26. The Labute approximate surface area is 164 Å². The van der Waals surface area contributed by atoms with Crippen molar-refractivity contribution < 1.29 is 5.11 Å². The van der Waals surface area contributed by atoms with Crippen LogP contribution in [0.4, 0.5) is 0 Å². The Morgan fingerprint density at radius 1 is 0.926 bits per heavy atom. The van der Waals surface area contributed by atoms with Gasteiger partial charge in [0.1, 0.15) is 5.75 Å². The lowest BCUT2D eigenvalue weighted by Gasteiger charge is -2.33. The number of aromatic hydroxyl groups is 1. The molecular weight excluding hydrogens is 358 g/mol. The van der Waals surface area contributed by atoms with E-state index in [1.165, 1.54) is 5.56 Å². The van der Waals surface area contributed by atoms with Gasteiger partial charge in [0.2, 0.25) is 0 Å². The molecule has 1 aliphatic heterocycles. The highest BCUT2D eigenvalue weighted by molar-refractivity contribution is 6.30. The highest BCUT2D eigenvalue weighted by atomic mass is 35.5. The second-order valence-electron chi connectivity index (χ2n) is 6.82. The number of halogens is 1. The van der Waals surface area contributed by atoms with E-state index in [9.17, 15) is 5.11 Å². The number of piperazine rings is 1. The number of benzene rings is 3. The summed E-state index contributed by atoms with van der Waals surface area (Å²) < 4.78 is 0. The van der Waals surface area contributed by atoms with Gasteiger partial charge in [-0.1, -0.05) is 54.1 Å². The van der Waals surface area contributed by atoms with Crippen molar-refractivity contribution in [3.8, 4) is 5.75 Å². The van der Waals surface area contributed by atoms with E-state index >= 15 is 0 Å². The van der Waals surface area contributed by atoms with Gasteiger partial charge in [0.15, 0.2) is 0 Å². The van der Waals surface area contributed by atoms with Gasteiger partial charge in [-0.25, -0.2) is 0 Å². The summed E-state index contributed by atoms with van der Waals surface area (Å²) in [4.78, 5) is 2.42. The minimum atomic E-state index is 0.263. The number of phenols is 1. The van der Waals surface area contributed by atoms with E-state index in [1.54, 1.807) is 12.3 Å². The quantitative estimate of drug-likeness (QED) is 0.685. The average molecular weight is 380 g/mol.